The Labute approximate surface area is 163 Å². The van der Waals surface area contributed by atoms with Crippen molar-refractivity contribution < 1.29 is 23.6 Å². The SMILES string of the molecule is COc1cc(-c2onc(N(C)C)c2C(=O)NCCC2(O)CCCC2)ccc1F. The van der Waals surface area contributed by atoms with Gasteiger partial charge in [-0.05, 0) is 37.5 Å². The van der Waals surface area contributed by atoms with Gasteiger partial charge < -0.3 is 24.6 Å². The molecule has 0 bridgehead atoms. The van der Waals surface area contributed by atoms with Crippen molar-refractivity contribution in [3.8, 4) is 17.1 Å². The summed E-state index contributed by atoms with van der Waals surface area (Å²) >= 11 is 0. The Morgan fingerprint density at radius 3 is 2.75 bits per heavy atom. The first-order chi connectivity index (χ1) is 13.3. The zero-order valence-electron chi connectivity index (χ0n) is 16.4. The van der Waals surface area contributed by atoms with Gasteiger partial charge in [-0.15, -0.1) is 0 Å². The third-order valence-corrected chi connectivity index (χ3v) is 5.15. The normalized spacial score (nSPS) is 15.5. The second kappa shape index (κ2) is 8.18. The van der Waals surface area contributed by atoms with E-state index in [0.29, 0.717) is 24.3 Å². The summed E-state index contributed by atoms with van der Waals surface area (Å²) in [6, 6.07) is 4.23. The van der Waals surface area contributed by atoms with Crippen molar-refractivity contribution in [1.29, 1.82) is 0 Å². The van der Waals surface area contributed by atoms with E-state index in [1.165, 1.54) is 25.3 Å². The lowest BCUT2D eigenvalue weighted by Gasteiger charge is -2.22. The number of benzene rings is 1. The van der Waals surface area contributed by atoms with Gasteiger partial charge in [0.25, 0.3) is 5.91 Å². The number of hydrogen-bond acceptors (Lipinski definition) is 6. The number of ether oxygens (including phenoxy) is 1. The summed E-state index contributed by atoms with van der Waals surface area (Å²) in [4.78, 5) is 14.6. The molecule has 1 fully saturated rings. The summed E-state index contributed by atoms with van der Waals surface area (Å²) in [5.74, 6) is -0.205. The van der Waals surface area contributed by atoms with Crippen LogP contribution < -0.4 is 15.0 Å². The maximum Gasteiger partial charge on any atom is 0.259 e. The van der Waals surface area contributed by atoms with Gasteiger partial charge in [-0.25, -0.2) is 4.39 Å². The van der Waals surface area contributed by atoms with Crippen molar-refractivity contribution in [2.75, 3.05) is 32.6 Å². The highest BCUT2D eigenvalue weighted by atomic mass is 19.1. The van der Waals surface area contributed by atoms with E-state index in [-0.39, 0.29) is 23.0 Å². The minimum Gasteiger partial charge on any atom is -0.494 e. The van der Waals surface area contributed by atoms with Crippen LogP contribution in [0.4, 0.5) is 10.2 Å². The van der Waals surface area contributed by atoms with Crippen molar-refractivity contribution >= 4 is 11.7 Å². The number of aromatic nitrogens is 1. The molecule has 0 unspecified atom stereocenters. The standard InChI is InChI=1S/C20H26FN3O4/c1-24(2)18-16(19(25)22-11-10-20(26)8-4-5-9-20)17(28-23-18)13-6-7-14(21)15(12-13)27-3/h6-7,12,26H,4-5,8-11H2,1-3H3,(H,22,25). The van der Waals surface area contributed by atoms with E-state index in [1.807, 2.05) is 0 Å². The van der Waals surface area contributed by atoms with Crippen molar-refractivity contribution in [1.82, 2.24) is 10.5 Å². The summed E-state index contributed by atoms with van der Waals surface area (Å²) in [7, 11) is 4.88. The molecule has 0 saturated heterocycles. The summed E-state index contributed by atoms with van der Waals surface area (Å²) in [5.41, 5.74) is 0.0508. The van der Waals surface area contributed by atoms with Crippen LogP contribution in [-0.4, -0.2) is 49.5 Å². The molecule has 3 rings (SSSR count). The molecule has 2 N–H and O–H groups in total. The maximum atomic E-state index is 13.7. The molecule has 0 radical (unpaired) electrons. The molecule has 0 spiro atoms. The van der Waals surface area contributed by atoms with E-state index in [2.05, 4.69) is 10.5 Å². The molecular weight excluding hydrogens is 365 g/mol. The number of halogens is 1. The fourth-order valence-electron chi connectivity index (χ4n) is 3.57. The molecule has 1 aromatic carbocycles. The number of carbonyl (C=O) groups excluding carboxylic acids is 1. The third kappa shape index (κ3) is 4.11. The topological polar surface area (TPSA) is 87.8 Å². The van der Waals surface area contributed by atoms with Gasteiger partial charge in [-0.1, -0.05) is 18.0 Å². The lowest BCUT2D eigenvalue weighted by Crippen LogP contribution is -2.33. The first-order valence-electron chi connectivity index (χ1n) is 9.36. The molecule has 1 aliphatic rings. The Bertz CT molecular complexity index is 844. The largest absolute Gasteiger partial charge is 0.494 e. The number of nitrogens with zero attached hydrogens (tertiary/aromatic N) is 2. The van der Waals surface area contributed by atoms with Crippen LogP contribution in [0.2, 0.25) is 0 Å². The quantitative estimate of drug-likeness (QED) is 0.755. The average molecular weight is 391 g/mol. The number of hydrogen-bond donors (Lipinski definition) is 2. The van der Waals surface area contributed by atoms with E-state index >= 15 is 0 Å². The number of amides is 1. The fourth-order valence-corrected chi connectivity index (χ4v) is 3.57. The molecule has 152 valence electrons. The minimum absolute atomic E-state index is 0.0510. The van der Waals surface area contributed by atoms with Crippen LogP contribution in [0.3, 0.4) is 0 Å². The van der Waals surface area contributed by atoms with E-state index in [4.69, 9.17) is 9.26 Å². The predicted molar refractivity (Wildman–Crippen MR) is 103 cm³/mol. The van der Waals surface area contributed by atoms with Crippen molar-refractivity contribution in [3.63, 3.8) is 0 Å². The lowest BCUT2D eigenvalue weighted by atomic mass is 9.98. The van der Waals surface area contributed by atoms with E-state index < -0.39 is 11.4 Å². The van der Waals surface area contributed by atoms with Gasteiger partial charge in [0.05, 0.1) is 12.7 Å². The molecule has 1 aliphatic carbocycles. The highest BCUT2D eigenvalue weighted by Crippen LogP contribution is 2.34. The average Bonchev–Trinajstić information content (AvgIpc) is 3.29. The molecule has 1 aromatic heterocycles. The number of anilines is 1. The highest BCUT2D eigenvalue weighted by Gasteiger charge is 2.31. The summed E-state index contributed by atoms with van der Waals surface area (Å²) in [5, 5.41) is 17.3. The van der Waals surface area contributed by atoms with Crippen LogP contribution >= 0.6 is 0 Å². The Kier molecular flexibility index (Phi) is 5.88. The van der Waals surface area contributed by atoms with Crippen LogP contribution in [-0.2, 0) is 0 Å². The molecule has 1 amide bonds. The van der Waals surface area contributed by atoms with Crippen LogP contribution in [0.25, 0.3) is 11.3 Å². The number of aliphatic hydroxyl groups is 1. The van der Waals surface area contributed by atoms with Gasteiger partial charge in [0.1, 0.15) is 5.56 Å². The van der Waals surface area contributed by atoms with E-state index in [9.17, 15) is 14.3 Å². The number of nitrogens with one attached hydrogen (secondary N) is 1. The van der Waals surface area contributed by atoms with Gasteiger partial charge >= 0.3 is 0 Å². The molecule has 1 heterocycles. The molecule has 7 nitrogen and oxygen atoms in total. The molecule has 8 heteroatoms. The second-order valence-electron chi connectivity index (χ2n) is 7.39. The summed E-state index contributed by atoms with van der Waals surface area (Å²) in [6.45, 7) is 0.347. The zero-order chi connectivity index (χ0) is 20.3. The maximum absolute atomic E-state index is 13.7. The minimum atomic E-state index is -0.695. The van der Waals surface area contributed by atoms with Crippen LogP contribution in [0, 0.1) is 5.82 Å². The molecule has 0 atom stereocenters. The Hall–Kier alpha value is -2.61. The Balaban J connectivity index is 1.84. The molecule has 1 saturated carbocycles. The summed E-state index contributed by atoms with van der Waals surface area (Å²) in [6.07, 6.45) is 4.05. The van der Waals surface area contributed by atoms with Gasteiger partial charge in [0.15, 0.2) is 23.1 Å². The smallest absolute Gasteiger partial charge is 0.259 e. The van der Waals surface area contributed by atoms with Crippen LogP contribution in [0.15, 0.2) is 22.7 Å². The van der Waals surface area contributed by atoms with Gasteiger partial charge in [0.2, 0.25) is 0 Å². The van der Waals surface area contributed by atoms with Crippen LogP contribution in [0.1, 0.15) is 42.5 Å². The molecule has 2 aromatic rings. The Morgan fingerprint density at radius 1 is 1.39 bits per heavy atom. The molecular formula is C20H26FN3O4. The van der Waals surface area contributed by atoms with E-state index in [0.717, 1.165) is 25.7 Å². The fraction of sp³-hybridized carbons (Fsp3) is 0.500. The number of carbonyl (C=O) groups is 1. The van der Waals surface area contributed by atoms with Crippen molar-refractivity contribution in [2.24, 2.45) is 0 Å². The number of rotatable bonds is 7. The van der Waals surface area contributed by atoms with Gasteiger partial charge in [-0.3, -0.25) is 4.79 Å². The summed E-state index contributed by atoms with van der Waals surface area (Å²) < 4.78 is 24.2. The predicted octanol–water partition coefficient (Wildman–Crippen LogP) is 2.98. The van der Waals surface area contributed by atoms with Crippen molar-refractivity contribution in [3.05, 3.63) is 29.6 Å². The molecule has 0 aliphatic heterocycles. The van der Waals surface area contributed by atoms with Crippen LogP contribution in [0.5, 0.6) is 5.75 Å². The lowest BCUT2D eigenvalue weighted by molar-refractivity contribution is 0.0389. The first-order valence-corrected chi connectivity index (χ1v) is 9.36. The molecule has 28 heavy (non-hydrogen) atoms. The third-order valence-electron chi connectivity index (χ3n) is 5.15. The van der Waals surface area contributed by atoms with Gasteiger partial charge in [0, 0.05) is 26.2 Å². The van der Waals surface area contributed by atoms with Crippen molar-refractivity contribution in [2.45, 2.75) is 37.7 Å². The monoisotopic (exact) mass is 391 g/mol. The van der Waals surface area contributed by atoms with Gasteiger partial charge in [-0.2, -0.15) is 0 Å². The zero-order valence-corrected chi connectivity index (χ0v) is 16.4. The first kappa shape index (κ1) is 20.1. The Morgan fingerprint density at radius 2 is 2.11 bits per heavy atom. The highest BCUT2D eigenvalue weighted by molar-refractivity contribution is 6.04. The number of methoxy groups -OCH3 is 1. The van der Waals surface area contributed by atoms with E-state index in [1.54, 1.807) is 19.0 Å². The second-order valence-corrected chi connectivity index (χ2v) is 7.39.